The van der Waals surface area contributed by atoms with Crippen LogP contribution in [-0.4, -0.2) is 97.8 Å². The Hall–Kier alpha value is -8.46. The van der Waals surface area contributed by atoms with Crippen LogP contribution in [0.15, 0.2) is 125 Å². The number of nitrogens with one attached hydrogen (secondary N) is 4. The Morgan fingerprint density at radius 2 is 1.37 bits per heavy atom. The Bertz CT molecular complexity index is 3480. The van der Waals surface area contributed by atoms with E-state index < -0.39 is 18.6 Å². The topological polar surface area (TPSA) is 195 Å². The second-order valence-corrected chi connectivity index (χ2v) is 19.9. The Kier molecular flexibility index (Phi) is 17.8. The molecule has 0 aliphatic carbocycles. The first-order valence-corrected chi connectivity index (χ1v) is 27.2. The summed E-state index contributed by atoms with van der Waals surface area (Å²) in [5, 5.41) is 17.9. The molecule has 9 rings (SSSR count). The molecule has 21 heteroatoms. The van der Waals surface area contributed by atoms with Gasteiger partial charge in [0.25, 0.3) is 5.91 Å². The molecule has 0 saturated heterocycles. The summed E-state index contributed by atoms with van der Waals surface area (Å²) in [5.74, 6) is 0.362. The highest BCUT2D eigenvalue weighted by molar-refractivity contribution is 7.12. The number of unbranched alkanes of at least 4 members (excludes halogenated alkanes) is 7. The van der Waals surface area contributed by atoms with Crippen LogP contribution in [-0.2, 0) is 19.2 Å². The van der Waals surface area contributed by atoms with E-state index >= 15 is 8.63 Å². The summed E-state index contributed by atoms with van der Waals surface area (Å²) in [5.41, 5.74) is 3.87. The summed E-state index contributed by atoms with van der Waals surface area (Å²) >= 11 is 1.43. The van der Waals surface area contributed by atoms with Gasteiger partial charge in [-0.1, -0.05) is 68.5 Å². The lowest BCUT2D eigenvalue weighted by atomic mass is 9.90. The number of thiophene rings is 1. The molecule has 78 heavy (non-hydrogen) atoms. The number of hydrogen-bond donors (Lipinski definition) is 4. The summed E-state index contributed by atoms with van der Waals surface area (Å²) in [7, 11) is 1.55. The number of fused-ring (bicyclic) bond motifs is 5. The SMILES string of the molecule is COc1ccc(-n2nc3c(NC(=O)CCC(=O)NCCCCCCCCNC(=O)CCCCCNC(=O)COc4ccc(/C=C/c5ccc6n5[B-](F)(F)[N+]5=C(c7cccs7)C=CC5=C6)cc4)nc4ccccc4n3c2=O)cc1. The molecular formula is C57H61BF2N10O7S. The number of para-hydroxylation sites is 2. The monoisotopic (exact) mass is 1080 g/mol. The third-order valence-corrected chi connectivity index (χ3v) is 14.4. The molecular weight excluding hydrogens is 1020 g/mol. The first kappa shape index (κ1) is 54.3. The van der Waals surface area contributed by atoms with E-state index in [9.17, 15) is 24.0 Å². The number of ether oxygens (including phenoxy) is 2. The average Bonchev–Trinajstić information content (AvgIpc) is 4.44. The molecule has 0 radical (unpaired) electrons. The molecule has 4 N–H and O–H groups in total. The van der Waals surface area contributed by atoms with Crippen LogP contribution in [0.3, 0.4) is 0 Å². The zero-order valence-corrected chi connectivity index (χ0v) is 44.1. The van der Waals surface area contributed by atoms with Crippen molar-refractivity contribution in [1.29, 1.82) is 0 Å². The van der Waals surface area contributed by atoms with Gasteiger partial charge in [-0.15, -0.1) is 16.4 Å². The molecule has 0 spiro atoms. The third-order valence-electron chi connectivity index (χ3n) is 13.5. The Labute approximate surface area is 453 Å². The summed E-state index contributed by atoms with van der Waals surface area (Å²) in [6.07, 6.45) is 16.9. The number of amides is 4. The van der Waals surface area contributed by atoms with Crippen molar-refractivity contribution in [2.75, 3.05) is 38.7 Å². The Morgan fingerprint density at radius 1 is 0.705 bits per heavy atom. The van der Waals surface area contributed by atoms with Gasteiger partial charge in [0.05, 0.1) is 28.7 Å². The Morgan fingerprint density at radius 3 is 2.09 bits per heavy atom. The van der Waals surface area contributed by atoms with Crippen molar-refractivity contribution in [2.45, 2.75) is 77.0 Å². The number of allylic oxidation sites excluding steroid dienone is 2. The maximum atomic E-state index is 16.1. The zero-order valence-electron chi connectivity index (χ0n) is 43.3. The van der Waals surface area contributed by atoms with Crippen molar-refractivity contribution in [3.8, 4) is 17.2 Å². The average molecular weight is 1080 g/mol. The predicted octanol–water partition coefficient (Wildman–Crippen LogP) is 8.77. The van der Waals surface area contributed by atoms with Gasteiger partial charge < -0.3 is 48.3 Å². The number of carbonyl (C=O) groups excluding carboxylic acids is 4. The van der Waals surface area contributed by atoms with Gasteiger partial charge in [-0.2, -0.15) is 4.68 Å². The number of anilines is 1. The predicted molar refractivity (Wildman–Crippen MR) is 300 cm³/mol. The highest BCUT2D eigenvalue weighted by Gasteiger charge is 2.52. The first-order chi connectivity index (χ1) is 38.0. The number of carbonyl (C=O) groups is 4. The fraction of sp³-hybridized carbons (Fsp3) is 0.298. The van der Waals surface area contributed by atoms with Crippen LogP contribution in [0.2, 0.25) is 0 Å². The molecule has 4 aromatic heterocycles. The van der Waals surface area contributed by atoms with Crippen LogP contribution < -0.4 is 36.4 Å². The molecule has 2 aliphatic heterocycles. The number of hydrogen-bond acceptors (Lipinski definition) is 10. The molecule has 4 amide bonds. The molecule has 6 heterocycles. The van der Waals surface area contributed by atoms with Crippen molar-refractivity contribution in [1.82, 2.24) is 39.6 Å². The fourth-order valence-electron chi connectivity index (χ4n) is 9.43. The number of halogens is 2. The van der Waals surface area contributed by atoms with Gasteiger partial charge in [0.2, 0.25) is 23.4 Å². The van der Waals surface area contributed by atoms with Crippen molar-refractivity contribution in [2.24, 2.45) is 0 Å². The summed E-state index contributed by atoms with van der Waals surface area (Å²) < 4.78 is 48.1. The van der Waals surface area contributed by atoms with Crippen LogP contribution in [0.25, 0.3) is 40.6 Å². The van der Waals surface area contributed by atoms with E-state index in [1.807, 2.05) is 17.5 Å². The van der Waals surface area contributed by atoms with E-state index in [1.54, 1.807) is 122 Å². The van der Waals surface area contributed by atoms with E-state index in [0.29, 0.717) is 77.1 Å². The van der Waals surface area contributed by atoms with Crippen LogP contribution >= 0.6 is 11.3 Å². The number of nitrogens with zero attached hydrogens (tertiary/aromatic N) is 6. The van der Waals surface area contributed by atoms with Gasteiger partial charge in [0.1, 0.15) is 11.5 Å². The number of rotatable bonds is 27. The van der Waals surface area contributed by atoms with E-state index in [4.69, 9.17) is 9.47 Å². The number of aromatic nitrogens is 5. The number of benzene rings is 3. The van der Waals surface area contributed by atoms with E-state index in [2.05, 4.69) is 31.3 Å². The second kappa shape index (κ2) is 25.6. The van der Waals surface area contributed by atoms with Gasteiger partial charge in [0, 0.05) is 68.5 Å². The maximum Gasteiger partial charge on any atom is 0.737 e. The fourth-order valence-corrected chi connectivity index (χ4v) is 10.2. The van der Waals surface area contributed by atoms with Crippen molar-refractivity contribution >= 4 is 88.4 Å². The lowest BCUT2D eigenvalue weighted by Gasteiger charge is -2.30. The first-order valence-electron chi connectivity index (χ1n) is 26.4. The molecule has 0 bridgehead atoms. The van der Waals surface area contributed by atoms with E-state index in [0.717, 1.165) is 77.2 Å². The minimum absolute atomic E-state index is 0.00671. The van der Waals surface area contributed by atoms with Crippen molar-refractivity contribution in [3.63, 3.8) is 0 Å². The van der Waals surface area contributed by atoms with Crippen molar-refractivity contribution < 1.29 is 41.8 Å². The molecule has 2 aliphatic rings. The normalized spacial score (nSPS) is 13.4. The van der Waals surface area contributed by atoms with E-state index in [-0.39, 0.29) is 48.6 Å². The molecule has 3 aromatic carbocycles. The van der Waals surface area contributed by atoms with Crippen LogP contribution in [0.4, 0.5) is 14.4 Å². The molecule has 0 saturated carbocycles. The summed E-state index contributed by atoms with van der Waals surface area (Å²) in [6.45, 7) is -2.68. The Balaban J connectivity index is 0.575. The third kappa shape index (κ3) is 13.2. The molecule has 404 valence electrons. The van der Waals surface area contributed by atoms with Crippen LogP contribution in [0.5, 0.6) is 11.5 Å². The van der Waals surface area contributed by atoms with Gasteiger partial charge in [-0.3, -0.25) is 19.2 Å². The maximum absolute atomic E-state index is 16.1. The minimum atomic E-state index is -4.13. The number of methoxy groups -OCH3 is 1. The van der Waals surface area contributed by atoms with Crippen molar-refractivity contribution in [3.05, 3.63) is 153 Å². The molecule has 0 atom stereocenters. The van der Waals surface area contributed by atoms with Gasteiger partial charge >= 0.3 is 12.7 Å². The molecule has 0 fully saturated rings. The zero-order chi connectivity index (χ0) is 54.4. The van der Waals surface area contributed by atoms with E-state index in [1.165, 1.54) is 20.4 Å². The van der Waals surface area contributed by atoms with Crippen LogP contribution in [0.1, 0.15) is 98.9 Å². The summed E-state index contributed by atoms with van der Waals surface area (Å²) in [6, 6.07) is 28.1. The summed E-state index contributed by atoms with van der Waals surface area (Å²) in [4.78, 5) is 69.3. The van der Waals surface area contributed by atoms with Gasteiger partial charge in [-0.25, -0.2) is 14.2 Å². The molecule has 0 unspecified atom stereocenters. The smallest absolute Gasteiger partial charge is 0.497 e. The standard InChI is InChI=1S/C57H61BF2N10O7S/c1-76-45-29-24-42(25-30-45)70-57(75)67-48-15-9-8-14-47(48)64-55(56(67)66-70)65-53(73)33-32-52(72)62-35-11-5-3-2-4-10-34-61-51(71)17-7-6-12-36-63-54(74)39-77-46-27-19-40(20-28-46)18-21-41-22-23-43-38-44-26-31-49(50-16-13-37-78-50)69(44)58(59,60)68(41)43/h8-9,13-16,18-31,37-38H,2-7,10-12,17,32-36,39H2,1H3,(H,61,71)(H,62,72)(H,63,74)(H,64,65,73)/b21-18+. The van der Waals surface area contributed by atoms with Crippen LogP contribution in [0, 0.1) is 0 Å². The van der Waals surface area contributed by atoms with Gasteiger partial charge in [0.15, 0.2) is 23.8 Å². The highest BCUT2D eigenvalue weighted by atomic mass is 32.1. The quantitative estimate of drug-likeness (QED) is 0.0288. The lowest BCUT2D eigenvalue weighted by Crippen LogP contribution is -2.50. The second-order valence-electron chi connectivity index (χ2n) is 19.0. The molecule has 17 nitrogen and oxygen atoms in total. The largest absolute Gasteiger partial charge is 0.737 e. The van der Waals surface area contributed by atoms with Gasteiger partial charge in [-0.05, 0) is 109 Å². The molecule has 7 aromatic rings. The minimum Gasteiger partial charge on any atom is -0.497 e. The lowest BCUT2D eigenvalue weighted by molar-refractivity contribution is -0.360. The highest BCUT2D eigenvalue weighted by Crippen LogP contribution is 2.35.